The summed E-state index contributed by atoms with van der Waals surface area (Å²) in [6.07, 6.45) is 0. The molecule has 0 spiro atoms. The molecule has 2 N–H and O–H groups in total. The molecule has 2 aromatic rings. The van der Waals surface area contributed by atoms with Crippen LogP contribution >= 0.6 is 0 Å². The second-order valence-corrected chi connectivity index (χ2v) is 5.20. The highest BCUT2D eigenvalue weighted by molar-refractivity contribution is 5.89. The number of hydrogen-bond acceptors (Lipinski definition) is 4. The lowest BCUT2D eigenvalue weighted by molar-refractivity contribution is -0.122. The minimum absolute atomic E-state index is 0.107. The van der Waals surface area contributed by atoms with Gasteiger partial charge in [-0.05, 0) is 37.6 Å². The highest BCUT2D eigenvalue weighted by Crippen LogP contribution is 2.21. The van der Waals surface area contributed by atoms with Gasteiger partial charge in [-0.1, -0.05) is 12.1 Å². The van der Waals surface area contributed by atoms with Crippen molar-refractivity contribution < 1.29 is 23.8 Å². The van der Waals surface area contributed by atoms with Crippen LogP contribution in [0.5, 0.6) is 5.75 Å². The number of aromatic carboxylic acids is 1. The van der Waals surface area contributed by atoms with Crippen LogP contribution in [0, 0.1) is 6.92 Å². The summed E-state index contributed by atoms with van der Waals surface area (Å²) < 4.78 is 10.5. The van der Waals surface area contributed by atoms with Crippen LogP contribution in [0.25, 0.3) is 0 Å². The van der Waals surface area contributed by atoms with Gasteiger partial charge in [0.25, 0.3) is 0 Å². The Hall–Kier alpha value is -2.76. The van der Waals surface area contributed by atoms with Crippen LogP contribution in [0.3, 0.4) is 0 Å². The number of aryl methyl sites for hydroxylation is 1. The summed E-state index contributed by atoms with van der Waals surface area (Å²) in [7, 11) is 1.57. The Morgan fingerprint density at radius 1 is 1.35 bits per heavy atom. The number of carboxylic acids is 1. The molecule has 0 aliphatic carbocycles. The zero-order chi connectivity index (χ0) is 17.0. The summed E-state index contributed by atoms with van der Waals surface area (Å²) in [4.78, 5) is 23.2. The number of rotatable bonds is 6. The molecule has 0 saturated carbocycles. The van der Waals surface area contributed by atoms with E-state index in [2.05, 4.69) is 5.32 Å². The van der Waals surface area contributed by atoms with Gasteiger partial charge in [0.15, 0.2) is 0 Å². The molecule has 1 aromatic heterocycles. The van der Waals surface area contributed by atoms with Crippen LogP contribution in [-0.2, 0) is 11.3 Å². The van der Waals surface area contributed by atoms with Crippen molar-refractivity contribution in [2.45, 2.75) is 26.3 Å². The van der Waals surface area contributed by atoms with Gasteiger partial charge in [0.05, 0.1) is 19.6 Å². The molecule has 2 rings (SSSR count). The molecular weight excluding hydrogens is 298 g/mol. The summed E-state index contributed by atoms with van der Waals surface area (Å²) in [6.45, 7) is 3.51. The minimum Gasteiger partial charge on any atom is -0.497 e. The fourth-order valence-corrected chi connectivity index (χ4v) is 2.23. The number of amides is 1. The van der Waals surface area contributed by atoms with Crippen molar-refractivity contribution >= 4 is 11.9 Å². The average Bonchev–Trinajstić information content (AvgIpc) is 2.93. The molecule has 1 aromatic carbocycles. The molecule has 0 bridgehead atoms. The Bertz CT molecular complexity index is 720. The molecule has 122 valence electrons. The monoisotopic (exact) mass is 317 g/mol. The van der Waals surface area contributed by atoms with E-state index in [4.69, 9.17) is 14.3 Å². The van der Waals surface area contributed by atoms with Crippen LogP contribution in [0.4, 0.5) is 0 Å². The lowest BCUT2D eigenvalue weighted by atomic mass is 10.00. The summed E-state index contributed by atoms with van der Waals surface area (Å²) in [5.41, 5.74) is 0.943. The van der Waals surface area contributed by atoms with Gasteiger partial charge in [-0.2, -0.15) is 0 Å². The number of carbonyl (C=O) groups excluding carboxylic acids is 1. The van der Waals surface area contributed by atoms with Crippen molar-refractivity contribution in [3.05, 3.63) is 53.0 Å². The molecule has 0 saturated heterocycles. The van der Waals surface area contributed by atoms with E-state index >= 15 is 0 Å². The highest BCUT2D eigenvalue weighted by Gasteiger charge is 2.18. The zero-order valence-electron chi connectivity index (χ0n) is 13.3. The van der Waals surface area contributed by atoms with Gasteiger partial charge in [0.1, 0.15) is 22.8 Å². The maximum Gasteiger partial charge on any atom is 0.339 e. The Morgan fingerprint density at radius 2 is 2.09 bits per heavy atom. The minimum atomic E-state index is -1.05. The average molecular weight is 317 g/mol. The second kappa shape index (κ2) is 7.00. The third kappa shape index (κ3) is 3.91. The van der Waals surface area contributed by atoms with Gasteiger partial charge in [0.2, 0.25) is 5.91 Å². The van der Waals surface area contributed by atoms with Gasteiger partial charge >= 0.3 is 5.97 Å². The van der Waals surface area contributed by atoms with Gasteiger partial charge < -0.3 is 19.6 Å². The number of carboxylic acid groups (broad SMARTS) is 1. The molecule has 1 heterocycles. The molecule has 1 atom stereocenters. The lowest BCUT2D eigenvalue weighted by Crippen LogP contribution is -2.27. The summed E-state index contributed by atoms with van der Waals surface area (Å²) in [6, 6.07) is 8.73. The molecule has 0 aliphatic heterocycles. The quantitative estimate of drug-likeness (QED) is 0.855. The molecule has 1 amide bonds. The van der Waals surface area contributed by atoms with E-state index in [1.807, 2.05) is 24.3 Å². The van der Waals surface area contributed by atoms with Gasteiger partial charge in [-0.25, -0.2) is 4.79 Å². The third-order valence-electron chi connectivity index (χ3n) is 3.62. The van der Waals surface area contributed by atoms with E-state index < -0.39 is 5.97 Å². The van der Waals surface area contributed by atoms with Crippen molar-refractivity contribution in [3.8, 4) is 5.75 Å². The highest BCUT2D eigenvalue weighted by atomic mass is 16.5. The van der Waals surface area contributed by atoms with Crippen LogP contribution < -0.4 is 10.1 Å². The largest absolute Gasteiger partial charge is 0.497 e. The molecule has 0 fully saturated rings. The smallest absolute Gasteiger partial charge is 0.339 e. The zero-order valence-corrected chi connectivity index (χ0v) is 13.3. The van der Waals surface area contributed by atoms with Gasteiger partial charge in [-0.15, -0.1) is 0 Å². The van der Waals surface area contributed by atoms with Crippen molar-refractivity contribution in [1.82, 2.24) is 5.32 Å². The van der Waals surface area contributed by atoms with Gasteiger partial charge in [-0.3, -0.25) is 4.79 Å². The SMILES string of the molecule is COc1cccc(C(C)C(=O)NCc2cc(C(=O)O)c(C)o2)c1. The number of furan rings is 1. The molecule has 23 heavy (non-hydrogen) atoms. The maximum absolute atomic E-state index is 12.2. The Balaban J connectivity index is 2.01. The van der Waals surface area contributed by atoms with E-state index in [-0.39, 0.29) is 23.9 Å². The first-order chi connectivity index (χ1) is 10.9. The summed E-state index contributed by atoms with van der Waals surface area (Å²) >= 11 is 0. The third-order valence-corrected chi connectivity index (χ3v) is 3.62. The van der Waals surface area contributed by atoms with Crippen LogP contribution in [0.1, 0.15) is 40.3 Å². The van der Waals surface area contributed by atoms with Crippen molar-refractivity contribution in [1.29, 1.82) is 0 Å². The molecule has 0 radical (unpaired) electrons. The second-order valence-electron chi connectivity index (χ2n) is 5.20. The first kappa shape index (κ1) is 16.6. The molecular formula is C17H19NO5. The number of benzene rings is 1. The molecule has 6 heteroatoms. The predicted molar refractivity (Wildman–Crippen MR) is 83.7 cm³/mol. The number of methoxy groups -OCH3 is 1. The fourth-order valence-electron chi connectivity index (χ4n) is 2.23. The Morgan fingerprint density at radius 3 is 2.70 bits per heavy atom. The lowest BCUT2D eigenvalue weighted by Gasteiger charge is -2.12. The number of nitrogens with one attached hydrogen (secondary N) is 1. The number of carbonyl (C=O) groups is 2. The van der Waals surface area contributed by atoms with E-state index in [9.17, 15) is 9.59 Å². The standard InChI is InChI=1S/C17H19NO5/c1-10(12-5-4-6-13(7-12)22-3)16(19)18-9-14-8-15(17(20)21)11(2)23-14/h4-8,10H,9H2,1-3H3,(H,18,19)(H,20,21). The Labute approximate surface area is 134 Å². The first-order valence-electron chi connectivity index (χ1n) is 7.16. The predicted octanol–water partition coefficient (Wildman–Crippen LogP) is 2.71. The van der Waals surface area contributed by atoms with Crippen LogP contribution in [-0.4, -0.2) is 24.1 Å². The van der Waals surface area contributed by atoms with Gasteiger partial charge in [0, 0.05) is 0 Å². The van der Waals surface area contributed by atoms with Crippen molar-refractivity contribution in [2.75, 3.05) is 7.11 Å². The molecule has 0 aliphatic rings. The maximum atomic E-state index is 12.2. The van der Waals surface area contributed by atoms with E-state index in [1.54, 1.807) is 21.0 Å². The normalized spacial score (nSPS) is 11.8. The topological polar surface area (TPSA) is 88.8 Å². The molecule has 1 unspecified atom stereocenters. The summed E-state index contributed by atoms with van der Waals surface area (Å²) in [5.74, 6) is -0.165. The first-order valence-corrected chi connectivity index (χ1v) is 7.16. The van der Waals surface area contributed by atoms with Crippen LogP contribution in [0.2, 0.25) is 0 Å². The van der Waals surface area contributed by atoms with E-state index in [1.165, 1.54) is 6.07 Å². The van der Waals surface area contributed by atoms with Crippen LogP contribution in [0.15, 0.2) is 34.7 Å². The fraction of sp³-hybridized carbons (Fsp3) is 0.294. The van der Waals surface area contributed by atoms with E-state index in [0.29, 0.717) is 17.3 Å². The number of hydrogen-bond donors (Lipinski definition) is 2. The molecule has 6 nitrogen and oxygen atoms in total. The van der Waals surface area contributed by atoms with E-state index in [0.717, 1.165) is 5.56 Å². The number of ether oxygens (including phenoxy) is 1. The summed E-state index contributed by atoms with van der Waals surface area (Å²) in [5, 5.41) is 11.7. The van der Waals surface area contributed by atoms with Crippen molar-refractivity contribution in [2.24, 2.45) is 0 Å². The van der Waals surface area contributed by atoms with Crippen molar-refractivity contribution in [3.63, 3.8) is 0 Å². The Kier molecular flexibility index (Phi) is 5.05.